The fraction of sp³-hybridized carbons (Fsp3) is 0.692. The van der Waals surface area contributed by atoms with Gasteiger partial charge in [0.25, 0.3) is 0 Å². The molecule has 1 aromatic heterocycles. The van der Waals surface area contributed by atoms with Gasteiger partial charge in [0.1, 0.15) is 6.54 Å². The molecule has 0 spiro atoms. The molecule has 2 rings (SSSR count). The molecule has 1 aromatic rings. The van der Waals surface area contributed by atoms with E-state index in [1.807, 2.05) is 6.92 Å². The second kappa shape index (κ2) is 7.16. The number of piperidine rings is 1. The van der Waals surface area contributed by atoms with E-state index in [1.54, 1.807) is 0 Å². The van der Waals surface area contributed by atoms with Gasteiger partial charge < -0.3 is 15.7 Å². The Kier molecular flexibility index (Phi) is 5.26. The Morgan fingerprint density at radius 2 is 2.14 bits per heavy atom. The summed E-state index contributed by atoms with van der Waals surface area (Å²) in [5, 5.41) is 22.9. The molecule has 0 atom stereocenters. The van der Waals surface area contributed by atoms with Crippen molar-refractivity contribution in [1.82, 2.24) is 25.6 Å². The number of rotatable bonds is 6. The molecule has 1 fully saturated rings. The number of aromatic carboxylic acids is 1. The number of hydrogen-bond acceptors (Lipinski definition) is 5. The van der Waals surface area contributed by atoms with Crippen molar-refractivity contribution in [2.75, 3.05) is 19.6 Å². The summed E-state index contributed by atoms with van der Waals surface area (Å²) in [6.07, 6.45) is 2.50. The van der Waals surface area contributed by atoms with E-state index >= 15 is 0 Å². The van der Waals surface area contributed by atoms with Crippen molar-refractivity contribution in [3.63, 3.8) is 0 Å². The molecule has 2 heterocycles. The first-order valence-corrected chi connectivity index (χ1v) is 7.27. The lowest BCUT2D eigenvalue weighted by Crippen LogP contribution is -2.32. The second-order valence-corrected chi connectivity index (χ2v) is 5.16. The van der Waals surface area contributed by atoms with E-state index < -0.39 is 5.97 Å². The van der Waals surface area contributed by atoms with Gasteiger partial charge in [-0.15, -0.1) is 5.10 Å². The molecule has 1 aliphatic rings. The topological polar surface area (TPSA) is 109 Å². The van der Waals surface area contributed by atoms with E-state index in [9.17, 15) is 14.7 Å². The molecule has 21 heavy (non-hydrogen) atoms. The number of hydrogen-bond donors (Lipinski definition) is 3. The maximum atomic E-state index is 11.8. The molecular weight excluding hydrogens is 274 g/mol. The SMILES string of the molecule is CCCNC(=O)Cn1nnc(C(=O)O)c1C1CCNCC1. The summed E-state index contributed by atoms with van der Waals surface area (Å²) in [7, 11) is 0. The Balaban J connectivity index is 2.20. The van der Waals surface area contributed by atoms with Crippen molar-refractivity contribution in [1.29, 1.82) is 0 Å². The van der Waals surface area contributed by atoms with Crippen LogP contribution in [0, 0.1) is 0 Å². The molecule has 1 saturated heterocycles. The van der Waals surface area contributed by atoms with Crippen molar-refractivity contribution in [3.8, 4) is 0 Å². The van der Waals surface area contributed by atoms with Crippen molar-refractivity contribution in [2.45, 2.75) is 38.6 Å². The van der Waals surface area contributed by atoms with E-state index in [2.05, 4.69) is 20.9 Å². The number of nitrogens with zero attached hydrogens (tertiary/aromatic N) is 3. The minimum Gasteiger partial charge on any atom is -0.476 e. The van der Waals surface area contributed by atoms with Gasteiger partial charge in [0.15, 0.2) is 5.69 Å². The highest BCUT2D eigenvalue weighted by molar-refractivity contribution is 5.87. The molecule has 8 heteroatoms. The van der Waals surface area contributed by atoms with Crippen LogP contribution in [0.3, 0.4) is 0 Å². The molecule has 0 aromatic carbocycles. The number of carboxylic acid groups (broad SMARTS) is 1. The van der Waals surface area contributed by atoms with Crippen LogP contribution in [0.5, 0.6) is 0 Å². The standard InChI is InChI=1S/C13H21N5O3/c1-2-5-15-10(19)8-18-12(9-3-6-14-7-4-9)11(13(20)21)16-17-18/h9,14H,2-8H2,1H3,(H,15,19)(H,20,21). The number of carbonyl (C=O) groups excluding carboxylic acids is 1. The quantitative estimate of drug-likeness (QED) is 0.680. The number of amides is 1. The highest BCUT2D eigenvalue weighted by Crippen LogP contribution is 2.27. The highest BCUT2D eigenvalue weighted by Gasteiger charge is 2.28. The van der Waals surface area contributed by atoms with Crippen molar-refractivity contribution in [2.24, 2.45) is 0 Å². The maximum Gasteiger partial charge on any atom is 0.358 e. The molecule has 116 valence electrons. The van der Waals surface area contributed by atoms with Crippen LogP contribution in [-0.2, 0) is 11.3 Å². The van der Waals surface area contributed by atoms with E-state index in [-0.39, 0.29) is 24.1 Å². The Hall–Kier alpha value is -1.96. The Morgan fingerprint density at radius 3 is 2.76 bits per heavy atom. The lowest BCUT2D eigenvalue weighted by atomic mass is 9.93. The van der Waals surface area contributed by atoms with Crippen LogP contribution in [0.25, 0.3) is 0 Å². The first-order valence-electron chi connectivity index (χ1n) is 7.27. The van der Waals surface area contributed by atoms with Crippen molar-refractivity contribution >= 4 is 11.9 Å². The predicted molar refractivity (Wildman–Crippen MR) is 75.1 cm³/mol. The summed E-state index contributed by atoms with van der Waals surface area (Å²) in [4.78, 5) is 23.1. The van der Waals surface area contributed by atoms with E-state index in [0.29, 0.717) is 12.2 Å². The fourth-order valence-electron chi connectivity index (χ4n) is 2.55. The molecule has 0 bridgehead atoms. The lowest BCUT2D eigenvalue weighted by Gasteiger charge is -2.23. The van der Waals surface area contributed by atoms with Crippen LogP contribution in [0.15, 0.2) is 0 Å². The predicted octanol–water partition coefficient (Wildman–Crippen LogP) is -0.0305. The number of aromatic nitrogens is 3. The van der Waals surface area contributed by atoms with Gasteiger partial charge in [0.2, 0.25) is 5.91 Å². The maximum absolute atomic E-state index is 11.8. The Morgan fingerprint density at radius 1 is 1.43 bits per heavy atom. The van der Waals surface area contributed by atoms with E-state index in [0.717, 1.165) is 32.4 Å². The number of nitrogens with one attached hydrogen (secondary N) is 2. The summed E-state index contributed by atoms with van der Waals surface area (Å²) >= 11 is 0. The van der Waals surface area contributed by atoms with Crippen LogP contribution in [-0.4, -0.2) is 51.6 Å². The Bertz CT molecular complexity index is 508. The zero-order valence-electron chi connectivity index (χ0n) is 12.1. The van der Waals surface area contributed by atoms with Crippen molar-refractivity contribution < 1.29 is 14.7 Å². The fourth-order valence-corrected chi connectivity index (χ4v) is 2.55. The third-order valence-corrected chi connectivity index (χ3v) is 3.57. The van der Waals surface area contributed by atoms with Gasteiger partial charge >= 0.3 is 5.97 Å². The summed E-state index contributed by atoms with van der Waals surface area (Å²) in [6, 6.07) is 0. The summed E-state index contributed by atoms with van der Waals surface area (Å²) in [5.41, 5.74) is 0.529. The van der Waals surface area contributed by atoms with Gasteiger partial charge in [-0.2, -0.15) is 0 Å². The van der Waals surface area contributed by atoms with E-state index in [1.165, 1.54) is 4.68 Å². The number of carboxylic acids is 1. The van der Waals surface area contributed by atoms with Gasteiger partial charge in [0, 0.05) is 12.5 Å². The molecule has 1 aliphatic heterocycles. The minimum absolute atomic E-state index is 0.0134. The van der Waals surface area contributed by atoms with Crippen molar-refractivity contribution in [3.05, 3.63) is 11.4 Å². The van der Waals surface area contributed by atoms with Crippen LogP contribution in [0.4, 0.5) is 0 Å². The first-order chi connectivity index (χ1) is 10.1. The van der Waals surface area contributed by atoms with Crippen LogP contribution in [0.2, 0.25) is 0 Å². The summed E-state index contributed by atoms with van der Waals surface area (Å²) in [6.45, 7) is 4.24. The van der Waals surface area contributed by atoms with Gasteiger partial charge in [-0.3, -0.25) is 4.79 Å². The smallest absolute Gasteiger partial charge is 0.358 e. The van der Waals surface area contributed by atoms with Gasteiger partial charge in [-0.1, -0.05) is 12.1 Å². The molecule has 0 unspecified atom stereocenters. The molecular formula is C13H21N5O3. The zero-order chi connectivity index (χ0) is 15.2. The normalized spacial score (nSPS) is 15.9. The molecule has 0 aliphatic carbocycles. The van der Waals surface area contributed by atoms with E-state index in [4.69, 9.17) is 0 Å². The monoisotopic (exact) mass is 295 g/mol. The molecule has 1 amide bonds. The minimum atomic E-state index is -1.09. The van der Waals surface area contributed by atoms with Crippen LogP contribution in [0.1, 0.15) is 48.3 Å². The third kappa shape index (κ3) is 3.78. The zero-order valence-corrected chi connectivity index (χ0v) is 12.1. The molecule has 3 N–H and O–H groups in total. The highest BCUT2D eigenvalue weighted by atomic mass is 16.4. The second-order valence-electron chi connectivity index (χ2n) is 5.16. The number of carbonyl (C=O) groups is 2. The average molecular weight is 295 g/mol. The Labute approximate surface area is 122 Å². The van der Waals surface area contributed by atoms with Crippen LogP contribution < -0.4 is 10.6 Å². The summed E-state index contributed by atoms with van der Waals surface area (Å²) in [5.74, 6) is -1.19. The first kappa shape index (κ1) is 15.4. The molecule has 0 saturated carbocycles. The largest absolute Gasteiger partial charge is 0.476 e. The molecule has 8 nitrogen and oxygen atoms in total. The van der Waals surface area contributed by atoms with Gasteiger partial charge in [-0.05, 0) is 32.4 Å². The average Bonchev–Trinajstić information content (AvgIpc) is 2.89. The third-order valence-electron chi connectivity index (χ3n) is 3.57. The molecule has 0 radical (unpaired) electrons. The summed E-state index contributed by atoms with van der Waals surface area (Å²) < 4.78 is 1.43. The van der Waals surface area contributed by atoms with Crippen LogP contribution >= 0.6 is 0 Å². The van der Waals surface area contributed by atoms with Gasteiger partial charge in [0.05, 0.1) is 5.69 Å². The lowest BCUT2D eigenvalue weighted by molar-refractivity contribution is -0.121. The van der Waals surface area contributed by atoms with Gasteiger partial charge in [-0.25, -0.2) is 9.48 Å².